The van der Waals surface area contributed by atoms with Gasteiger partial charge < -0.3 is 9.26 Å². The maximum Gasteiger partial charge on any atom is 0.174 e. The summed E-state index contributed by atoms with van der Waals surface area (Å²) in [6, 6.07) is 6.20. The first-order valence-electron chi connectivity index (χ1n) is 9.36. The minimum absolute atomic E-state index is 0.168. The van der Waals surface area contributed by atoms with Crippen LogP contribution in [0, 0.1) is 16.7 Å². The van der Waals surface area contributed by atoms with Crippen molar-refractivity contribution >= 4 is 11.0 Å². The number of ether oxygens (including phenoxy) is 1. The summed E-state index contributed by atoms with van der Waals surface area (Å²) < 4.78 is 11.5. The highest BCUT2D eigenvalue weighted by atomic mass is 16.5. The van der Waals surface area contributed by atoms with Gasteiger partial charge >= 0.3 is 0 Å². The van der Waals surface area contributed by atoms with Crippen molar-refractivity contribution in [3.05, 3.63) is 23.4 Å². The lowest BCUT2D eigenvalue weighted by molar-refractivity contribution is 0.309. The monoisotopic (exact) mass is 344 g/mol. The molecule has 4 heteroatoms. The van der Waals surface area contributed by atoms with Gasteiger partial charge in [-0.05, 0) is 36.8 Å². The SMILES string of the molecule is CC.CCCc1c(OCCCC#N)ccc2c(CC(C)(C)C)noc12. The molecule has 138 valence electrons. The second-order valence-corrected chi connectivity index (χ2v) is 7.15. The van der Waals surface area contributed by atoms with Crippen LogP contribution in [0.1, 0.15) is 72.1 Å². The van der Waals surface area contributed by atoms with E-state index in [1.54, 1.807) is 0 Å². The molecular weight excluding hydrogens is 312 g/mol. The normalized spacial score (nSPS) is 10.9. The van der Waals surface area contributed by atoms with Crippen LogP contribution in [0.25, 0.3) is 11.0 Å². The summed E-state index contributed by atoms with van der Waals surface area (Å²) in [5.41, 5.74) is 3.13. The van der Waals surface area contributed by atoms with Gasteiger partial charge in [0.15, 0.2) is 5.58 Å². The van der Waals surface area contributed by atoms with Gasteiger partial charge in [0.2, 0.25) is 0 Å². The number of nitriles is 1. The highest BCUT2D eigenvalue weighted by Crippen LogP contribution is 2.33. The fraction of sp³-hybridized carbons (Fsp3) is 0.619. The van der Waals surface area contributed by atoms with E-state index in [4.69, 9.17) is 14.5 Å². The molecule has 0 bridgehead atoms. The topological polar surface area (TPSA) is 59.0 Å². The van der Waals surface area contributed by atoms with Crippen LogP contribution >= 0.6 is 0 Å². The molecule has 4 nitrogen and oxygen atoms in total. The highest BCUT2D eigenvalue weighted by Gasteiger charge is 2.20. The maximum atomic E-state index is 8.61. The molecule has 0 saturated heterocycles. The number of unbranched alkanes of at least 4 members (excludes halogenated alkanes) is 1. The smallest absolute Gasteiger partial charge is 0.174 e. The Morgan fingerprint density at radius 3 is 2.56 bits per heavy atom. The van der Waals surface area contributed by atoms with Gasteiger partial charge in [-0.25, -0.2) is 0 Å². The Hall–Kier alpha value is -2.02. The van der Waals surface area contributed by atoms with Gasteiger partial charge in [-0.15, -0.1) is 0 Å². The zero-order chi connectivity index (χ0) is 18.9. The Bertz CT molecular complexity index is 690. The minimum Gasteiger partial charge on any atom is -0.493 e. The average Bonchev–Trinajstić information content (AvgIpc) is 2.96. The molecule has 1 aromatic heterocycles. The van der Waals surface area contributed by atoms with Gasteiger partial charge in [-0.3, -0.25) is 0 Å². The molecule has 25 heavy (non-hydrogen) atoms. The van der Waals surface area contributed by atoms with E-state index in [0.717, 1.165) is 53.7 Å². The van der Waals surface area contributed by atoms with E-state index in [-0.39, 0.29) is 5.41 Å². The van der Waals surface area contributed by atoms with Crippen molar-refractivity contribution in [1.82, 2.24) is 5.16 Å². The Morgan fingerprint density at radius 2 is 1.96 bits per heavy atom. The minimum atomic E-state index is 0.168. The number of aromatic nitrogens is 1. The summed E-state index contributed by atoms with van der Waals surface area (Å²) in [4.78, 5) is 0. The van der Waals surface area contributed by atoms with E-state index in [9.17, 15) is 0 Å². The molecule has 2 aromatic rings. The zero-order valence-electron chi connectivity index (χ0n) is 16.6. The fourth-order valence-corrected chi connectivity index (χ4v) is 2.68. The van der Waals surface area contributed by atoms with Crippen LogP contribution in [-0.4, -0.2) is 11.8 Å². The summed E-state index contributed by atoms with van der Waals surface area (Å²) in [7, 11) is 0. The molecule has 0 spiro atoms. The van der Waals surface area contributed by atoms with E-state index in [0.29, 0.717) is 13.0 Å². The predicted molar refractivity (Wildman–Crippen MR) is 103 cm³/mol. The summed E-state index contributed by atoms with van der Waals surface area (Å²) in [5.74, 6) is 0.857. The molecule has 0 aliphatic heterocycles. The maximum absolute atomic E-state index is 8.61. The van der Waals surface area contributed by atoms with Gasteiger partial charge in [0.05, 0.1) is 18.4 Å². The Kier molecular flexibility index (Phi) is 8.48. The number of nitrogens with zero attached hydrogens (tertiary/aromatic N) is 2. The molecule has 0 saturated carbocycles. The molecular formula is C21H32N2O2. The number of fused-ring (bicyclic) bond motifs is 1. The Morgan fingerprint density at radius 1 is 1.24 bits per heavy atom. The summed E-state index contributed by atoms with van der Waals surface area (Å²) in [6.45, 7) is 13.3. The second kappa shape index (κ2) is 10.1. The predicted octanol–water partition coefficient (Wildman–Crippen LogP) is 6.08. The van der Waals surface area contributed by atoms with Crippen molar-refractivity contribution in [3.8, 4) is 11.8 Å². The van der Waals surface area contributed by atoms with Crippen LogP contribution < -0.4 is 4.74 Å². The van der Waals surface area contributed by atoms with Gasteiger partial charge in [-0.2, -0.15) is 5.26 Å². The van der Waals surface area contributed by atoms with Crippen LogP contribution in [0.4, 0.5) is 0 Å². The molecule has 0 fully saturated rings. The van der Waals surface area contributed by atoms with Crippen molar-refractivity contribution in [2.24, 2.45) is 5.41 Å². The molecule has 1 heterocycles. The lowest BCUT2D eigenvalue weighted by Crippen LogP contribution is -2.09. The third-order valence-corrected chi connectivity index (χ3v) is 3.66. The number of hydrogen-bond acceptors (Lipinski definition) is 4. The van der Waals surface area contributed by atoms with Gasteiger partial charge in [-0.1, -0.05) is 53.1 Å². The van der Waals surface area contributed by atoms with Crippen molar-refractivity contribution in [1.29, 1.82) is 5.26 Å². The third kappa shape index (κ3) is 6.08. The third-order valence-electron chi connectivity index (χ3n) is 3.66. The first-order chi connectivity index (χ1) is 12.0. The number of rotatable bonds is 7. The lowest BCUT2D eigenvalue weighted by atomic mass is 9.89. The molecule has 2 rings (SSSR count). The van der Waals surface area contributed by atoms with Gasteiger partial charge in [0.1, 0.15) is 5.75 Å². The molecule has 0 radical (unpaired) electrons. The van der Waals surface area contributed by atoms with E-state index < -0.39 is 0 Å². The van der Waals surface area contributed by atoms with Gasteiger partial charge in [0.25, 0.3) is 0 Å². The second-order valence-electron chi connectivity index (χ2n) is 7.15. The molecule has 0 amide bonds. The van der Waals surface area contributed by atoms with Crippen LogP contribution in [0.15, 0.2) is 16.7 Å². The van der Waals surface area contributed by atoms with Crippen molar-refractivity contribution in [3.63, 3.8) is 0 Å². The Balaban J connectivity index is 0.00000151. The van der Waals surface area contributed by atoms with E-state index in [1.165, 1.54) is 0 Å². The Labute approximate surface area is 152 Å². The molecule has 0 aliphatic rings. The molecule has 0 atom stereocenters. The molecule has 0 unspecified atom stereocenters. The molecule has 0 N–H and O–H groups in total. The number of benzene rings is 1. The lowest BCUT2D eigenvalue weighted by Gasteiger charge is -2.16. The van der Waals surface area contributed by atoms with Crippen molar-refractivity contribution < 1.29 is 9.26 Å². The largest absolute Gasteiger partial charge is 0.493 e. The zero-order valence-corrected chi connectivity index (χ0v) is 16.6. The molecule has 0 aliphatic carbocycles. The van der Waals surface area contributed by atoms with E-state index in [2.05, 4.69) is 38.9 Å². The summed E-state index contributed by atoms with van der Waals surface area (Å²) in [6.07, 6.45) is 4.06. The van der Waals surface area contributed by atoms with Crippen molar-refractivity contribution in [2.75, 3.05) is 6.61 Å². The van der Waals surface area contributed by atoms with Crippen LogP contribution in [-0.2, 0) is 12.8 Å². The van der Waals surface area contributed by atoms with Crippen LogP contribution in [0.5, 0.6) is 5.75 Å². The van der Waals surface area contributed by atoms with Crippen molar-refractivity contribution in [2.45, 2.75) is 73.6 Å². The van der Waals surface area contributed by atoms with Crippen LogP contribution in [0.3, 0.4) is 0 Å². The highest BCUT2D eigenvalue weighted by molar-refractivity contribution is 5.84. The van der Waals surface area contributed by atoms with E-state index >= 15 is 0 Å². The first-order valence-corrected chi connectivity index (χ1v) is 9.36. The fourth-order valence-electron chi connectivity index (χ4n) is 2.68. The standard InChI is InChI=1S/C19H26N2O2.C2H6/c1-5-8-15-17(22-12-7-6-11-20)10-9-14-16(13-19(2,3)4)21-23-18(14)15;1-2/h9-10H,5-8,12-13H2,1-4H3;1-2H3. The number of hydrogen-bond donors (Lipinski definition) is 0. The number of aryl methyl sites for hydroxylation is 1. The van der Waals surface area contributed by atoms with Crippen LogP contribution in [0.2, 0.25) is 0 Å². The summed E-state index contributed by atoms with van der Waals surface area (Å²) in [5, 5.41) is 14.0. The van der Waals surface area contributed by atoms with Gasteiger partial charge in [0, 0.05) is 17.4 Å². The summed E-state index contributed by atoms with van der Waals surface area (Å²) >= 11 is 0. The van der Waals surface area contributed by atoms with E-state index in [1.807, 2.05) is 26.0 Å². The quantitative estimate of drug-likeness (QED) is 0.571. The average molecular weight is 344 g/mol. The molecule has 1 aromatic carbocycles. The first kappa shape index (κ1) is 21.0.